The van der Waals surface area contributed by atoms with Gasteiger partial charge in [-0.15, -0.1) is 6.58 Å². The Balaban J connectivity index is 2.06. The van der Waals surface area contributed by atoms with Crippen molar-refractivity contribution in [3.63, 3.8) is 0 Å². The van der Waals surface area contributed by atoms with Gasteiger partial charge in [0.1, 0.15) is 0 Å². The smallest absolute Gasteiger partial charge is 0.00677 e. The second-order valence-corrected chi connectivity index (χ2v) is 3.58. The Kier molecular flexibility index (Phi) is 3.64. The van der Waals surface area contributed by atoms with Crippen LogP contribution in [0.5, 0.6) is 0 Å². The van der Waals surface area contributed by atoms with Crippen LogP contribution in [-0.4, -0.2) is 12.6 Å². The third-order valence-corrected chi connectivity index (χ3v) is 2.54. The molecule has 2 unspecified atom stereocenters. The molecule has 1 N–H and O–H groups in total. The molecule has 1 saturated heterocycles. The van der Waals surface area contributed by atoms with Crippen LogP contribution in [0.4, 0.5) is 0 Å². The van der Waals surface area contributed by atoms with E-state index in [9.17, 15) is 0 Å². The zero-order valence-corrected chi connectivity index (χ0v) is 7.47. The van der Waals surface area contributed by atoms with E-state index in [0.717, 1.165) is 6.04 Å². The molecule has 0 aromatic carbocycles. The van der Waals surface area contributed by atoms with E-state index in [1.54, 1.807) is 0 Å². The van der Waals surface area contributed by atoms with Crippen LogP contribution in [0.1, 0.15) is 32.6 Å². The van der Waals surface area contributed by atoms with Crippen LogP contribution in [0, 0.1) is 5.92 Å². The van der Waals surface area contributed by atoms with Crippen molar-refractivity contribution >= 4 is 0 Å². The van der Waals surface area contributed by atoms with Crippen LogP contribution in [0.2, 0.25) is 0 Å². The fourth-order valence-electron chi connectivity index (χ4n) is 1.59. The summed E-state index contributed by atoms with van der Waals surface area (Å²) < 4.78 is 0. The molecule has 2 atom stereocenters. The molecule has 0 aromatic rings. The van der Waals surface area contributed by atoms with E-state index >= 15 is 0 Å². The zero-order valence-electron chi connectivity index (χ0n) is 7.47. The summed E-state index contributed by atoms with van der Waals surface area (Å²) in [5, 5.41) is 3.50. The molecule has 1 fully saturated rings. The maximum Gasteiger partial charge on any atom is 0.00677 e. The lowest BCUT2D eigenvalue weighted by Gasteiger charge is -2.11. The molecular weight excluding hydrogens is 134 g/mol. The predicted octanol–water partition coefficient (Wildman–Crippen LogP) is 2.34. The van der Waals surface area contributed by atoms with Gasteiger partial charge in [-0.3, -0.25) is 0 Å². The van der Waals surface area contributed by atoms with Gasteiger partial charge in [0.25, 0.3) is 0 Å². The van der Waals surface area contributed by atoms with Crippen molar-refractivity contribution in [2.45, 2.75) is 38.6 Å². The lowest BCUT2D eigenvalue weighted by Crippen LogP contribution is -2.21. The topological polar surface area (TPSA) is 12.0 Å². The maximum absolute atomic E-state index is 3.79. The minimum Gasteiger partial charge on any atom is -0.314 e. The van der Waals surface area contributed by atoms with Gasteiger partial charge < -0.3 is 5.32 Å². The molecule has 1 aliphatic rings. The van der Waals surface area contributed by atoms with Gasteiger partial charge in [-0.2, -0.15) is 0 Å². The molecule has 1 heteroatoms. The second-order valence-electron chi connectivity index (χ2n) is 3.58. The van der Waals surface area contributed by atoms with Crippen LogP contribution >= 0.6 is 0 Å². The molecular formula is C10H19N. The van der Waals surface area contributed by atoms with Crippen molar-refractivity contribution in [1.29, 1.82) is 0 Å². The number of hydrogen-bond donors (Lipinski definition) is 1. The zero-order chi connectivity index (χ0) is 8.10. The monoisotopic (exact) mass is 153 g/mol. The normalized spacial score (nSPS) is 26.8. The summed E-state index contributed by atoms with van der Waals surface area (Å²) in [6.07, 6.45) is 7.42. The lowest BCUT2D eigenvalue weighted by molar-refractivity contribution is 0.494. The number of nitrogens with one attached hydrogen (secondary N) is 1. The maximum atomic E-state index is 3.79. The summed E-state index contributed by atoms with van der Waals surface area (Å²) in [5.41, 5.74) is 0. The van der Waals surface area contributed by atoms with Crippen LogP contribution in [0.15, 0.2) is 12.7 Å². The summed E-state index contributed by atoms with van der Waals surface area (Å²) >= 11 is 0. The van der Waals surface area contributed by atoms with E-state index in [1.807, 2.05) is 0 Å². The van der Waals surface area contributed by atoms with E-state index in [4.69, 9.17) is 0 Å². The van der Waals surface area contributed by atoms with Crippen molar-refractivity contribution in [3.05, 3.63) is 12.7 Å². The first-order valence-corrected chi connectivity index (χ1v) is 4.69. The molecule has 0 amide bonds. The van der Waals surface area contributed by atoms with Crippen molar-refractivity contribution in [2.75, 3.05) is 6.54 Å². The molecule has 0 saturated carbocycles. The molecule has 0 spiro atoms. The van der Waals surface area contributed by atoms with E-state index in [1.165, 1.54) is 32.2 Å². The molecule has 1 heterocycles. The van der Waals surface area contributed by atoms with E-state index in [2.05, 4.69) is 24.9 Å². The van der Waals surface area contributed by atoms with Gasteiger partial charge in [-0.1, -0.05) is 13.0 Å². The number of allylic oxidation sites excluding steroid dienone is 1. The molecule has 11 heavy (non-hydrogen) atoms. The first kappa shape index (κ1) is 8.79. The first-order valence-electron chi connectivity index (χ1n) is 4.69. The SMILES string of the molecule is C=CC(C)CCC1CCCN1. The summed E-state index contributed by atoms with van der Waals surface area (Å²) in [4.78, 5) is 0. The molecule has 0 bridgehead atoms. The molecule has 0 radical (unpaired) electrons. The van der Waals surface area contributed by atoms with E-state index in [-0.39, 0.29) is 0 Å². The lowest BCUT2D eigenvalue weighted by atomic mass is 10.0. The average molecular weight is 153 g/mol. The van der Waals surface area contributed by atoms with Gasteiger partial charge in [0.05, 0.1) is 0 Å². The molecule has 0 aliphatic carbocycles. The second kappa shape index (κ2) is 4.55. The van der Waals surface area contributed by atoms with Crippen molar-refractivity contribution in [2.24, 2.45) is 5.92 Å². The highest BCUT2D eigenvalue weighted by Crippen LogP contribution is 2.14. The van der Waals surface area contributed by atoms with Gasteiger partial charge in [0.15, 0.2) is 0 Å². The third-order valence-electron chi connectivity index (χ3n) is 2.54. The van der Waals surface area contributed by atoms with Gasteiger partial charge in [0.2, 0.25) is 0 Å². The van der Waals surface area contributed by atoms with Gasteiger partial charge in [0, 0.05) is 6.04 Å². The third kappa shape index (κ3) is 3.06. The van der Waals surface area contributed by atoms with Crippen molar-refractivity contribution in [1.82, 2.24) is 5.32 Å². The minimum atomic E-state index is 0.692. The molecule has 0 aromatic heterocycles. The molecule has 1 aliphatic heterocycles. The van der Waals surface area contributed by atoms with E-state index < -0.39 is 0 Å². The number of hydrogen-bond acceptors (Lipinski definition) is 1. The standard InChI is InChI=1S/C10H19N/c1-3-9(2)6-7-10-5-4-8-11-10/h3,9-11H,1,4-8H2,2H3. The number of rotatable bonds is 4. The quantitative estimate of drug-likeness (QED) is 0.611. The summed E-state index contributed by atoms with van der Waals surface area (Å²) in [6.45, 7) is 7.25. The fraction of sp³-hybridized carbons (Fsp3) is 0.800. The molecule has 1 nitrogen and oxygen atoms in total. The van der Waals surface area contributed by atoms with Crippen LogP contribution in [0.25, 0.3) is 0 Å². The highest BCUT2D eigenvalue weighted by molar-refractivity contribution is 4.79. The van der Waals surface area contributed by atoms with Crippen molar-refractivity contribution < 1.29 is 0 Å². The summed E-state index contributed by atoms with van der Waals surface area (Å²) in [7, 11) is 0. The van der Waals surface area contributed by atoms with Gasteiger partial charge >= 0.3 is 0 Å². The molecule has 64 valence electrons. The first-order chi connectivity index (χ1) is 5.33. The average Bonchev–Trinajstić information content (AvgIpc) is 2.52. The Morgan fingerprint density at radius 3 is 3.09 bits per heavy atom. The highest BCUT2D eigenvalue weighted by Gasteiger charge is 2.13. The largest absolute Gasteiger partial charge is 0.314 e. The van der Waals surface area contributed by atoms with Crippen LogP contribution < -0.4 is 5.32 Å². The Hall–Kier alpha value is -0.300. The Morgan fingerprint density at radius 2 is 2.55 bits per heavy atom. The van der Waals surface area contributed by atoms with Crippen LogP contribution in [0.3, 0.4) is 0 Å². The Bertz CT molecular complexity index is 114. The summed E-state index contributed by atoms with van der Waals surface area (Å²) in [5.74, 6) is 0.692. The predicted molar refractivity (Wildman–Crippen MR) is 49.6 cm³/mol. The fourth-order valence-corrected chi connectivity index (χ4v) is 1.59. The summed E-state index contributed by atoms with van der Waals surface area (Å²) in [6, 6.07) is 0.803. The van der Waals surface area contributed by atoms with Gasteiger partial charge in [-0.05, 0) is 38.1 Å². The Morgan fingerprint density at radius 1 is 1.73 bits per heavy atom. The van der Waals surface area contributed by atoms with Crippen LogP contribution in [-0.2, 0) is 0 Å². The van der Waals surface area contributed by atoms with E-state index in [0.29, 0.717) is 5.92 Å². The van der Waals surface area contributed by atoms with Crippen molar-refractivity contribution in [3.8, 4) is 0 Å². The Labute approximate surface area is 69.9 Å². The van der Waals surface area contributed by atoms with Gasteiger partial charge in [-0.25, -0.2) is 0 Å². The molecule has 1 rings (SSSR count). The minimum absolute atomic E-state index is 0.692. The highest BCUT2D eigenvalue weighted by atomic mass is 14.9.